The molecule has 0 saturated heterocycles. The third-order valence-electron chi connectivity index (χ3n) is 3.94. The minimum Gasteiger partial charge on any atom is -0.507 e. The van der Waals surface area contributed by atoms with Crippen molar-refractivity contribution in [1.82, 2.24) is 0 Å². The van der Waals surface area contributed by atoms with Gasteiger partial charge in [0.25, 0.3) is 5.91 Å². The Bertz CT molecular complexity index is 1040. The fourth-order valence-corrected chi connectivity index (χ4v) is 2.60. The van der Waals surface area contributed by atoms with Crippen LogP contribution in [0.1, 0.15) is 5.56 Å². The second-order valence-electron chi connectivity index (χ2n) is 5.58. The second kappa shape index (κ2) is 7.41. The van der Waals surface area contributed by atoms with Crippen LogP contribution in [0.3, 0.4) is 0 Å². The van der Waals surface area contributed by atoms with E-state index in [1.807, 2.05) is 42.5 Å². The van der Waals surface area contributed by atoms with E-state index in [4.69, 9.17) is 4.74 Å². The quantitative estimate of drug-likeness (QED) is 0.551. The first kappa shape index (κ1) is 17.1. The van der Waals surface area contributed by atoms with E-state index in [1.165, 1.54) is 19.3 Å². The maximum Gasteiger partial charge on any atom is 0.266 e. The van der Waals surface area contributed by atoms with Crippen molar-refractivity contribution in [2.45, 2.75) is 0 Å². The van der Waals surface area contributed by atoms with Gasteiger partial charge in [0.05, 0.1) is 7.11 Å². The number of fused-ring (bicyclic) bond motifs is 1. The Labute approximate surface area is 150 Å². The van der Waals surface area contributed by atoms with Crippen molar-refractivity contribution < 1.29 is 14.6 Å². The fraction of sp³-hybridized carbons (Fsp3) is 0.0476. The predicted molar refractivity (Wildman–Crippen MR) is 101 cm³/mol. The van der Waals surface area contributed by atoms with E-state index in [0.717, 1.165) is 10.8 Å². The Morgan fingerprint density at radius 1 is 1.15 bits per heavy atom. The topological polar surface area (TPSA) is 82.3 Å². The van der Waals surface area contributed by atoms with E-state index < -0.39 is 5.91 Å². The van der Waals surface area contributed by atoms with Gasteiger partial charge < -0.3 is 15.2 Å². The van der Waals surface area contributed by atoms with E-state index in [0.29, 0.717) is 17.0 Å². The van der Waals surface area contributed by atoms with Crippen LogP contribution in [0, 0.1) is 11.3 Å². The Morgan fingerprint density at radius 3 is 2.69 bits per heavy atom. The number of phenols is 1. The smallest absolute Gasteiger partial charge is 0.266 e. The summed E-state index contributed by atoms with van der Waals surface area (Å²) in [5, 5.41) is 23.9. The normalized spacial score (nSPS) is 11.0. The van der Waals surface area contributed by atoms with Gasteiger partial charge in [-0.3, -0.25) is 4.79 Å². The fourth-order valence-electron chi connectivity index (χ4n) is 2.60. The lowest BCUT2D eigenvalue weighted by Crippen LogP contribution is -2.13. The Hall–Kier alpha value is -3.78. The number of ether oxygens (including phenoxy) is 1. The average Bonchev–Trinajstić information content (AvgIpc) is 2.67. The number of carbonyl (C=O) groups excluding carboxylic acids is 1. The van der Waals surface area contributed by atoms with Crippen LogP contribution in [0.25, 0.3) is 16.8 Å². The molecule has 5 nitrogen and oxygen atoms in total. The molecule has 26 heavy (non-hydrogen) atoms. The van der Waals surface area contributed by atoms with Crippen LogP contribution in [0.15, 0.2) is 66.2 Å². The number of nitrogens with one attached hydrogen (secondary N) is 1. The highest BCUT2D eigenvalue weighted by Gasteiger charge is 2.12. The molecule has 0 aromatic heterocycles. The standard InChI is InChI=1S/C21H16N2O3/c1-26-17-9-10-20(24)15(12-17)11-16(13-22)21(25)23-19-8-4-6-14-5-2-3-7-18(14)19/h2-12,24H,1H3,(H,23,25)/b16-11-. The average molecular weight is 344 g/mol. The van der Waals surface area contributed by atoms with Crippen molar-refractivity contribution in [3.8, 4) is 17.6 Å². The summed E-state index contributed by atoms with van der Waals surface area (Å²) in [6, 6.07) is 19.7. The number of hydrogen-bond donors (Lipinski definition) is 2. The first-order valence-electron chi connectivity index (χ1n) is 7.90. The molecule has 2 N–H and O–H groups in total. The zero-order chi connectivity index (χ0) is 18.5. The number of hydrogen-bond acceptors (Lipinski definition) is 4. The Morgan fingerprint density at radius 2 is 1.92 bits per heavy atom. The van der Waals surface area contributed by atoms with Gasteiger partial charge in [0.2, 0.25) is 0 Å². The van der Waals surface area contributed by atoms with Gasteiger partial charge in [0.1, 0.15) is 23.1 Å². The molecule has 0 fully saturated rings. The van der Waals surface area contributed by atoms with Crippen LogP contribution >= 0.6 is 0 Å². The summed E-state index contributed by atoms with van der Waals surface area (Å²) in [5.74, 6) is -0.0802. The van der Waals surface area contributed by atoms with Crippen molar-refractivity contribution in [3.63, 3.8) is 0 Å². The number of aromatic hydroxyl groups is 1. The number of rotatable bonds is 4. The van der Waals surface area contributed by atoms with Gasteiger partial charge in [-0.05, 0) is 35.7 Å². The van der Waals surface area contributed by atoms with E-state index in [-0.39, 0.29) is 11.3 Å². The monoisotopic (exact) mass is 344 g/mol. The molecule has 0 atom stereocenters. The van der Waals surface area contributed by atoms with Crippen molar-refractivity contribution in [3.05, 3.63) is 71.8 Å². The maximum atomic E-state index is 12.5. The molecule has 0 aliphatic rings. The summed E-state index contributed by atoms with van der Waals surface area (Å²) in [5.41, 5.74) is 0.819. The molecule has 0 unspecified atom stereocenters. The van der Waals surface area contributed by atoms with Crippen LogP contribution < -0.4 is 10.1 Å². The summed E-state index contributed by atoms with van der Waals surface area (Å²) in [6.07, 6.45) is 1.33. The first-order chi connectivity index (χ1) is 12.6. The minimum atomic E-state index is -0.550. The SMILES string of the molecule is COc1ccc(O)c(/C=C(/C#N)C(=O)Nc2cccc3ccccc23)c1. The molecule has 0 saturated carbocycles. The third kappa shape index (κ3) is 3.50. The van der Waals surface area contributed by atoms with Crippen molar-refractivity contribution in [2.75, 3.05) is 12.4 Å². The molecule has 3 aromatic rings. The van der Waals surface area contributed by atoms with E-state index >= 15 is 0 Å². The number of phenolic OH excluding ortho intramolecular Hbond substituents is 1. The Kier molecular flexibility index (Phi) is 4.86. The maximum absolute atomic E-state index is 12.5. The van der Waals surface area contributed by atoms with Gasteiger partial charge in [0.15, 0.2) is 0 Å². The van der Waals surface area contributed by atoms with Gasteiger partial charge in [-0.15, -0.1) is 0 Å². The molecule has 0 bridgehead atoms. The number of nitriles is 1. The van der Waals surface area contributed by atoms with Crippen molar-refractivity contribution >= 4 is 28.4 Å². The van der Waals surface area contributed by atoms with Crippen molar-refractivity contribution in [1.29, 1.82) is 5.26 Å². The zero-order valence-electron chi connectivity index (χ0n) is 14.1. The molecule has 5 heteroatoms. The summed E-state index contributed by atoms with van der Waals surface area (Å²) >= 11 is 0. The Balaban J connectivity index is 1.94. The van der Waals surface area contributed by atoms with Gasteiger partial charge in [0, 0.05) is 16.6 Å². The van der Waals surface area contributed by atoms with Crippen LogP contribution in [-0.2, 0) is 4.79 Å². The number of benzene rings is 3. The summed E-state index contributed by atoms with van der Waals surface area (Å²) in [7, 11) is 1.50. The molecule has 0 aliphatic carbocycles. The number of anilines is 1. The molecule has 0 heterocycles. The molecular weight excluding hydrogens is 328 g/mol. The highest BCUT2D eigenvalue weighted by atomic mass is 16.5. The lowest BCUT2D eigenvalue weighted by Gasteiger charge is -2.09. The molecule has 1 amide bonds. The van der Waals surface area contributed by atoms with Crippen LogP contribution in [-0.4, -0.2) is 18.1 Å². The number of nitrogens with zero attached hydrogens (tertiary/aromatic N) is 1. The largest absolute Gasteiger partial charge is 0.507 e. The van der Waals surface area contributed by atoms with Gasteiger partial charge in [-0.1, -0.05) is 36.4 Å². The highest BCUT2D eigenvalue weighted by Crippen LogP contribution is 2.26. The molecule has 0 spiro atoms. The van der Waals surface area contributed by atoms with E-state index in [9.17, 15) is 15.2 Å². The second-order valence-corrected chi connectivity index (χ2v) is 5.58. The van der Waals surface area contributed by atoms with Crippen LogP contribution in [0.5, 0.6) is 11.5 Å². The molecule has 0 aliphatic heterocycles. The minimum absolute atomic E-state index is 0.0449. The molecular formula is C21H16N2O3. The lowest BCUT2D eigenvalue weighted by atomic mass is 10.1. The van der Waals surface area contributed by atoms with Crippen LogP contribution in [0.2, 0.25) is 0 Å². The zero-order valence-corrected chi connectivity index (χ0v) is 14.1. The molecule has 3 rings (SSSR count). The van der Waals surface area contributed by atoms with Gasteiger partial charge >= 0.3 is 0 Å². The van der Waals surface area contributed by atoms with Gasteiger partial charge in [-0.25, -0.2) is 0 Å². The van der Waals surface area contributed by atoms with Gasteiger partial charge in [-0.2, -0.15) is 5.26 Å². The first-order valence-corrected chi connectivity index (χ1v) is 7.90. The van der Waals surface area contributed by atoms with Crippen molar-refractivity contribution in [2.24, 2.45) is 0 Å². The lowest BCUT2D eigenvalue weighted by molar-refractivity contribution is -0.112. The summed E-state index contributed by atoms with van der Waals surface area (Å²) in [4.78, 5) is 12.5. The summed E-state index contributed by atoms with van der Waals surface area (Å²) in [6.45, 7) is 0. The highest BCUT2D eigenvalue weighted by molar-refractivity contribution is 6.13. The number of methoxy groups -OCH3 is 1. The number of carbonyl (C=O) groups is 1. The molecule has 0 radical (unpaired) electrons. The van der Waals surface area contributed by atoms with Crippen LogP contribution in [0.4, 0.5) is 5.69 Å². The molecule has 3 aromatic carbocycles. The number of amides is 1. The summed E-state index contributed by atoms with van der Waals surface area (Å²) < 4.78 is 5.11. The van der Waals surface area contributed by atoms with E-state index in [2.05, 4.69) is 5.32 Å². The molecule has 128 valence electrons. The predicted octanol–water partition coefficient (Wildman–Crippen LogP) is 4.10. The van der Waals surface area contributed by atoms with E-state index in [1.54, 1.807) is 18.2 Å². The third-order valence-corrected chi connectivity index (χ3v) is 3.94.